The molecule has 3 rings (SSSR count). The second kappa shape index (κ2) is 3.88. The second-order valence-corrected chi connectivity index (χ2v) is 4.05. The van der Waals surface area contributed by atoms with Crippen LogP contribution in [0.1, 0.15) is 17.6 Å². The lowest BCUT2D eigenvalue weighted by Crippen LogP contribution is -2.50. The second-order valence-electron chi connectivity index (χ2n) is 4.05. The number of fused-ring (bicyclic) bond motifs is 1. The SMILES string of the molecule is C1CN(C2NCCc3n[nH]nc32)CCN1. The van der Waals surface area contributed by atoms with Gasteiger partial charge in [0.15, 0.2) is 0 Å². The Morgan fingerprint density at radius 1 is 1.13 bits per heavy atom. The van der Waals surface area contributed by atoms with Gasteiger partial charge in [-0.15, -0.1) is 0 Å². The number of hydrogen-bond acceptors (Lipinski definition) is 5. The van der Waals surface area contributed by atoms with Crippen molar-refractivity contribution in [3.63, 3.8) is 0 Å². The van der Waals surface area contributed by atoms with Gasteiger partial charge in [0.1, 0.15) is 11.9 Å². The summed E-state index contributed by atoms with van der Waals surface area (Å²) >= 11 is 0. The summed E-state index contributed by atoms with van der Waals surface area (Å²) in [6.45, 7) is 5.26. The van der Waals surface area contributed by atoms with E-state index >= 15 is 0 Å². The Balaban J connectivity index is 1.82. The van der Waals surface area contributed by atoms with Crippen LogP contribution in [0.25, 0.3) is 0 Å². The Labute approximate surface area is 88.4 Å². The number of hydrogen-bond donors (Lipinski definition) is 3. The van der Waals surface area contributed by atoms with E-state index in [0.29, 0.717) is 0 Å². The van der Waals surface area contributed by atoms with E-state index in [1.807, 2.05) is 0 Å². The highest BCUT2D eigenvalue weighted by molar-refractivity contribution is 5.16. The van der Waals surface area contributed by atoms with Crippen LogP contribution in [-0.4, -0.2) is 53.0 Å². The Morgan fingerprint density at radius 2 is 2.00 bits per heavy atom. The molecular formula is C9H16N6. The standard InChI is InChI=1S/C9H16N6/c1-2-11-9(8-7(1)12-14-13-8)15-5-3-10-4-6-15/h9-11H,1-6H2,(H,12,13,14). The van der Waals surface area contributed by atoms with Gasteiger partial charge < -0.3 is 5.32 Å². The quantitative estimate of drug-likeness (QED) is 0.544. The minimum atomic E-state index is 0.259. The fourth-order valence-electron chi connectivity index (χ4n) is 2.33. The number of H-pyrrole nitrogens is 1. The average molecular weight is 208 g/mol. The topological polar surface area (TPSA) is 68.9 Å². The summed E-state index contributed by atoms with van der Waals surface area (Å²) in [5, 5.41) is 18.0. The van der Waals surface area contributed by atoms with E-state index in [0.717, 1.165) is 50.5 Å². The van der Waals surface area contributed by atoms with Crippen LogP contribution in [0, 0.1) is 0 Å². The van der Waals surface area contributed by atoms with Crippen LogP contribution in [0.3, 0.4) is 0 Å². The minimum absolute atomic E-state index is 0.259. The van der Waals surface area contributed by atoms with E-state index in [1.165, 1.54) is 0 Å². The molecule has 0 amide bonds. The van der Waals surface area contributed by atoms with Gasteiger partial charge in [0, 0.05) is 39.1 Å². The summed E-state index contributed by atoms with van der Waals surface area (Å²) in [6, 6.07) is 0. The van der Waals surface area contributed by atoms with Crippen LogP contribution < -0.4 is 10.6 Å². The molecule has 0 spiro atoms. The predicted octanol–water partition coefficient (Wildman–Crippen LogP) is -1.15. The minimum Gasteiger partial charge on any atom is -0.314 e. The Hall–Kier alpha value is -0.980. The molecule has 6 heteroatoms. The van der Waals surface area contributed by atoms with Crippen LogP contribution in [0.4, 0.5) is 0 Å². The van der Waals surface area contributed by atoms with E-state index < -0.39 is 0 Å². The molecule has 1 aromatic heterocycles. The number of aromatic amines is 1. The van der Waals surface area contributed by atoms with Crippen molar-refractivity contribution in [1.82, 2.24) is 30.9 Å². The van der Waals surface area contributed by atoms with Gasteiger partial charge in [0.25, 0.3) is 0 Å². The van der Waals surface area contributed by atoms with Crippen molar-refractivity contribution >= 4 is 0 Å². The van der Waals surface area contributed by atoms with Crippen LogP contribution in [-0.2, 0) is 6.42 Å². The molecule has 2 aliphatic rings. The summed E-state index contributed by atoms with van der Waals surface area (Å²) in [6.07, 6.45) is 1.24. The molecule has 1 aromatic rings. The maximum atomic E-state index is 4.25. The van der Waals surface area contributed by atoms with Crippen molar-refractivity contribution in [3.05, 3.63) is 11.4 Å². The van der Waals surface area contributed by atoms with E-state index in [4.69, 9.17) is 0 Å². The molecule has 1 unspecified atom stereocenters. The predicted molar refractivity (Wildman–Crippen MR) is 55.3 cm³/mol. The van der Waals surface area contributed by atoms with E-state index in [2.05, 4.69) is 30.9 Å². The molecular weight excluding hydrogens is 192 g/mol. The molecule has 6 nitrogen and oxygen atoms in total. The first-order valence-electron chi connectivity index (χ1n) is 5.53. The number of nitrogens with zero attached hydrogens (tertiary/aromatic N) is 3. The fraction of sp³-hybridized carbons (Fsp3) is 0.778. The van der Waals surface area contributed by atoms with Gasteiger partial charge >= 0.3 is 0 Å². The van der Waals surface area contributed by atoms with Crippen LogP contribution in [0.2, 0.25) is 0 Å². The van der Waals surface area contributed by atoms with Gasteiger partial charge in [-0.05, 0) is 0 Å². The molecule has 2 aliphatic heterocycles. The third-order valence-corrected chi connectivity index (χ3v) is 3.13. The Morgan fingerprint density at radius 3 is 2.87 bits per heavy atom. The van der Waals surface area contributed by atoms with E-state index in [9.17, 15) is 0 Å². The molecule has 0 saturated carbocycles. The lowest BCUT2D eigenvalue weighted by Gasteiger charge is -2.36. The van der Waals surface area contributed by atoms with E-state index in [1.54, 1.807) is 0 Å². The van der Waals surface area contributed by atoms with Crippen molar-refractivity contribution in [3.8, 4) is 0 Å². The third-order valence-electron chi connectivity index (χ3n) is 3.13. The number of piperazine rings is 1. The maximum Gasteiger partial charge on any atom is 0.117 e. The summed E-state index contributed by atoms with van der Waals surface area (Å²) in [5.41, 5.74) is 2.21. The highest BCUT2D eigenvalue weighted by atomic mass is 15.4. The van der Waals surface area contributed by atoms with Crippen molar-refractivity contribution in [2.75, 3.05) is 32.7 Å². The highest BCUT2D eigenvalue weighted by Crippen LogP contribution is 2.22. The maximum absolute atomic E-state index is 4.25. The number of rotatable bonds is 1. The monoisotopic (exact) mass is 208 g/mol. The zero-order chi connectivity index (χ0) is 10.1. The first kappa shape index (κ1) is 9.26. The number of aromatic nitrogens is 3. The van der Waals surface area contributed by atoms with Gasteiger partial charge in [0.2, 0.25) is 0 Å². The van der Waals surface area contributed by atoms with Gasteiger partial charge in [-0.1, -0.05) is 0 Å². The molecule has 1 fully saturated rings. The molecule has 0 bridgehead atoms. The van der Waals surface area contributed by atoms with Crippen molar-refractivity contribution in [2.45, 2.75) is 12.6 Å². The molecule has 0 radical (unpaired) electrons. The zero-order valence-electron chi connectivity index (χ0n) is 8.66. The average Bonchev–Trinajstić information content (AvgIpc) is 2.78. The third kappa shape index (κ3) is 1.64. The fourth-order valence-corrected chi connectivity index (χ4v) is 2.33. The molecule has 0 aromatic carbocycles. The van der Waals surface area contributed by atoms with Crippen molar-refractivity contribution in [1.29, 1.82) is 0 Å². The molecule has 3 heterocycles. The molecule has 3 N–H and O–H groups in total. The first-order valence-corrected chi connectivity index (χ1v) is 5.53. The van der Waals surface area contributed by atoms with Crippen molar-refractivity contribution < 1.29 is 0 Å². The largest absolute Gasteiger partial charge is 0.314 e. The first-order chi connectivity index (χ1) is 7.45. The van der Waals surface area contributed by atoms with Gasteiger partial charge in [-0.25, -0.2) is 0 Å². The summed E-state index contributed by atoms with van der Waals surface area (Å²) in [7, 11) is 0. The molecule has 1 saturated heterocycles. The zero-order valence-corrected chi connectivity index (χ0v) is 8.66. The summed E-state index contributed by atoms with van der Waals surface area (Å²) < 4.78 is 0. The summed E-state index contributed by atoms with van der Waals surface area (Å²) in [5.74, 6) is 0. The lowest BCUT2D eigenvalue weighted by molar-refractivity contribution is 0.137. The molecule has 15 heavy (non-hydrogen) atoms. The number of nitrogens with one attached hydrogen (secondary N) is 3. The molecule has 1 atom stereocenters. The van der Waals surface area contributed by atoms with Gasteiger partial charge in [-0.2, -0.15) is 15.4 Å². The van der Waals surface area contributed by atoms with Crippen LogP contribution in [0.5, 0.6) is 0 Å². The smallest absolute Gasteiger partial charge is 0.117 e. The molecule has 0 aliphatic carbocycles. The van der Waals surface area contributed by atoms with Crippen LogP contribution in [0.15, 0.2) is 0 Å². The molecule has 82 valence electrons. The van der Waals surface area contributed by atoms with E-state index in [-0.39, 0.29) is 6.17 Å². The van der Waals surface area contributed by atoms with Crippen molar-refractivity contribution in [2.24, 2.45) is 0 Å². The Kier molecular flexibility index (Phi) is 2.40. The highest BCUT2D eigenvalue weighted by Gasteiger charge is 2.29. The van der Waals surface area contributed by atoms with Gasteiger partial charge in [0.05, 0.1) is 5.69 Å². The normalized spacial score (nSPS) is 27.6. The summed E-state index contributed by atoms with van der Waals surface area (Å²) in [4.78, 5) is 2.43. The van der Waals surface area contributed by atoms with Crippen LogP contribution >= 0.6 is 0 Å². The lowest BCUT2D eigenvalue weighted by atomic mass is 10.1. The Bertz CT molecular complexity index is 329. The van der Waals surface area contributed by atoms with Gasteiger partial charge in [-0.3, -0.25) is 10.2 Å².